The molecule has 0 aromatic heterocycles. The van der Waals surface area contributed by atoms with Gasteiger partial charge < -0.3 is 4.90 Å². The van der Waals surface area contributed by atoms with Crippen molar-refractivity contribution >= 4 is 5.69 Å². The molecule has 0 bridgehead atoms. The Labute approximate surface area is 91.0 Å². The smallest absolute Gasteiger partial charge is 0.0361 e. The third kappa shape index (κ3) is 2.18. The average molecular weight is 195 g/mol. The lowest BCUT2D eigenvalue weighted by Crippen LogP contribution is -2.07. The highest BCUT2D eigenvalue weighted by molar-refractivity contribution is 5.65. The average Bonchev–Trinajstić information content (AvgIpc) is 2.30. The van der Waals surface area contributed by atoms with Crippen LogP contribution in [-0.2, 0) is 0 Å². The molecule has 0 aliphatic heterocycles. The number of rotatable bonds is 2. The maximum atomic E-state index is 2.96. The molecule has 2 aromatic rings. The van der Waals surface area contributed by atoms with Gasteiger partial charge in [-0.2, -0.15) is 0 Å². The van der Waals surface area contributed by atoms with E-state index in [4.69, 9.17) is 0 Å². The first-order chi connectivity index (χ1) is 7.27. The molecule has 0 amide bonds. The summed E-state index contributed by atoms with van der Waals surface area (Å²) in [6, 6.07) is 20.2. The zero-order valence-corrected chi connectivity index (χ0v) is 8.99. The van der Waals surface area contributed by atoms with Crippen molar-refractivity contribution in [3.63, 3.8) is 0 Å². The summed E-state index contributed by atoms with van der Waals surface area (Å²) in [4.78, 5) is 2.09. The zero-order chi connectivity index (χ0) is 10.7. The van der Waals surface area contributed by atoms with Gasteiger partial charge in [-0.25, -0.2) is 0 Å². The summed E-state index contributed by atoms with van der Waals surface area (Å²) in [5.74, 6) is 0. The summed E-state index contributed by atoms with van der Waals surface area (Å²) in [6.45, 7) is 0. The summed E-state index contributed by atoms with van der Waals surface area (Å²) in [7, 11) is 4.08. The van der Waals surface area contributed by atoms with Gasteiger partial charge in [0, 0.05) is 19.8 Å². The fraction of sp³-hybridized carbons (Fsp3) is 0.143. The summed E-state index contributed by atoms with van der Waals surface area (Å²) in [5.41, 5.74) is 3.61. The van der Waals surface area contributed by atoms with E-state index in [9.17, 15) is 0 Å². The van der Waals surface area contributed by atoms with Crippen LogP contribution in [0.15, 0.2) is 42.5 Å². The highest BCUT2D eigenvalue weighted by Gasteiger charge is 1.97. The van der Waals surface area contributed by atoms with Crippen molar-refractivity contribution in [2.45, 2.75) is 0 Å². The van der Waals surface area contributed by atoms with Crippen LogP contribution in [0.25, 0.3) is 11.1 Å². The van der Waals surface area contributed by atoms with Crippen molar-refractivity contribution in [2.75, 3.05) is 19.0 Å². The molecule has 1 nitrogen and oxygen atoms in total. The molecule has 0 saturated heterocycles. The van der Waals surface area contributed by atoms with E-state index in [1.807, 2.05) is 32.3 Å². The van der Waals surface area contributed by atoms with Crippen LogP contribution >= 0.6 is 0 Å². The molecular weight excluding hydrogens is 182 g/mol. The molecule has 74 valence electrons. The Morgan fingerprint density at radius 2 is 1.60 bits per heavy atom. The lowest BCUT2D eigenvalue weighted by molar-refractivity contribution is 1.13. The second-order valence-corrected chi connectivity index (χ2v) is 3.66. The van der Waals surface area contributed by atoms with E-state index < -0.39 is 0 Å². The largest absolute Gasteiger partial charge is 0.378 e. The first kappa shape index (κ1) is 9.78. The summed E-state index contributed by atoms with van der Waals surface area (Å²) in [5, 5.41) is 0. The molecule has 0 unspecified atom stereocenters. The Balaban J connectivity index is 2.32. The lowest BCUT2D eigenvalue weighted by Gasteiger charge is -2.12. The number of hydrogen-bond acceptors (Lipinski definition) is 1. The standard InChI is InChI=1S/C14H13N/c1-15(2)14-10-8-13(9-11-14)12-6-4-3-5-7-12/h4,6-11H,1-2H3. The van der Waals surface area contributed by atoms with Crippen molar-refractivity contribution in [1.29, 1.82) is 0 Å². The monoisotopic (exact) mass is 195 g/mol. The molecule has 0 heterocycles. The van der Waals surface area contributed by atoms with E-state index in [1.165, 1.54) is 16.8 Å². The number of benzene rings is 2. The third-order valence-electron chi connectivity index (χ3n) is 2.37. The number of nitrogens with zero attached hydrogens (tertiary/aromatic N) is 1. The SMILES string of the molecule is CN(C)c1ccc(-c2c[c][c]cc2)cc1. The molecule has 0 aliphatic carbocycles. The van der Waals surface area contributed by atoms with Crippen LogP contribution < -0.4 is 4.90 Å². The predicted molar refractivity (Wildman–Crippen MR) is 63.9 cm³/mol. The minimum Gasteiger partial charge on any atom is -0.378 e. The Morgan fingerprint density at radius 1 is 0.867 bits per heavy atom. The molecule has 1 heteroatoms. The maximum Gasteiger partial charge on any atom is 0.0361 e. The molecule has 0 N–H and O–H groups in total. The van der Waals surface area contributed by atoms with E-state index in [-0.39, 0.29) is 0 Å². The number of anilines is 1. The second kappa shape index (κ2) is 4.18. The normalized spacial score (nSPS) is 10.0. The van der Waals surface area contributed by atoms with Crippen molar-refractivity contribution in [2.24, 2.45) is 0 Å². The van der Waals surface area contributed by atoms with Crippen LogP contribution in [0.5, 0.6) is 0 Å². The van der Waals surface area contributed by atoms with Crippen LogP contribution in [0.3, 0.4) is 0 Å². The number of hydrogen-bond donors (Lipinski definition) is 0. The molecule has 2 aromatic carbocycles. The predicted octanol–water partition coefficient (Wildman–Crippen LogP) is 3.02. The van der Waals surface area contributed by atoms with E-state index in [1.54, 1.807) is 0 Å². The molecule has 15 heavy (non-hydrogen) atoms. The summed E-state index contributed by atoms with van der Waals surface area (Å²) >= 11 is 0. The van der Waals surface area contributed by atoms with E-state index in [2.05, 4.69) is 41.3 Å². The molecule has 2 radical (unpaired) electrons. The first-order valence-corrected chi connectivity index (χ1v) is 4.93. The molecule has 0 fully saturated rings. The van der Waals surface area contributed by atoms with Gasteiger partial charge in [0.1, 0.15) is 0 Å². The van der Waals surface area contributed by atoms with E-state index >= 15 is 0 Å². The van der Waals surface area contributed by atoms with Crippen molar-refractivity contribution in [3.8, 4) is 11.1 Å². The second-order valence-electron chi connectivity index (χ2n) is 3.66. The summed E-state index contributed by atoms with van der Waals surface area (Å²) in [6.07, 6.45) is 0. The Kier molecular flexibility index (Phi) is 2.72. The van der Waals surface area contributed by atoms with Crippen LogP contribution in [-0.4, -0.2) is 14.1 Å². The molecule has 0 spiro atoms. The Morgan fingerprint density at radius 3 is 2.13 bits per heavy atom. The third-order valence-corrected chi connectivity index (χ3v) is 2.37. The van der Waals surface area contributed by atoms with E-state index in [0.29, 0.717) is 0 Å². The fourth-order valence-corrected chi connectivity index (χ4v) is 1.48. The van der Waals surface area contributed by atoms with Gasteiger partial charge in [-0.15, -0.1) is 0 Å². The van der Waals surface area contributed by atoms with Gasteiger partial charge in [0.15, 0.2) is 0 Å². The molecule has 2 rings (SSSR count). The van der Waals surface area contributed by atoms with Gasteiger partial charge >= 0.3 is 0 Å². The minimum atomic E-state index is 1.18. The molecule has 0 aliphatic rings. The topological polar surface area (TPSA) is 3.24 Å². The van der Waals surface area contributed by atoms with Crippen LogP contribution in [0, 0.1) is 12.1 Å². The van der Waals surface area contributed by atoms with Gasteiger partial charge in [0.2, 0.25) is 0 Å². The highest BCUT2D eigenvalue weighted by Crippen LogP contribution is 2.21. The highest BCUT2D eigenvalue weighted by atomic mass is 15.1. The van der Waals surface area contributed by atoms with Gasteiger partial charge in [-0.3, -0.25) is 0 Å². The van der Waals surface area contributed by atoms with Gasteiger partial charge in [0.25, 0.3) is 0 Å². The van der Waals surface area contributed by atoms with Crippen LogP contribution in [0.1, 0.15) is 0 Å². The Hall–Kier alpha value is -1.76. The lowest BCUT2D eigenvalue weighted by atomic mass is 10.1. The minimum absolute atomic E-state index is 1.18. The fourth-order valence-electron chi connectivity index (χ4n) is 1.48. The van der Waals surface area contributed by atoms with Gasteiger partial charge in [0.05, 0.1) is 0 Å². The van der Waals surface area contributed by atoms with Crippen molar-refractivity contribution in [3.05, 3.63) is 54.6 Å². The molecular formula is C14H13N. The van der Waals surface area contributed by atoms with Crippen LogP contribution in [0.4, 0.5) is 5.69 Å². The zero-order valence-electron chi connectivity index (χ0n) is 8.99. The maximum absolute atomic E-state index is 2.96. The summed E-state index contributed by atoms with van der Waals surface area (Å²) < 4.78 is 0. The van der Waals surface area contributed by atoms with Gasteiger partial charge in [-0.05, 0) is 41.5 Å². The Bertz CT molecular complexity index is 415. The first-order valence-electron chi connectivity index (χ1n) is 4.93. The molecule has 0 saturated carbocycles. The van der Waals surface area contributed by atoms with Crippen LogP contribution in [0.2, 0.25) is 0 Å². The van der Waals surface area contributed by atoms with Crippen molar-refractivity contribution in [1.82, 2.24) is 0 Å². The quantitative estimate of drug-likeness (QED) is 0.712. The van der Waals surface area contributed by atoms with Crippen molar-refractivity contribution < 1.29 is 0 Å². The van der Waals surface area contributed by atoms with Gasteiger partial charge in [-0.1, -0.05) is 24.3 Å². The van der Waals surface area contributed by atoms with E-state index in [0.717, 1.165) is 0 Å². The molecule has 0 atom stereocenters.